The van der Waals surface area contributed by atoms with Gasteiger partial charge in [0.2, 0.25) is 5.91 Å². The highest BCUT2D eigenvalue weighted by atomic mass is 32.2. The summed E-state index contributed by atoms with van der Waals surface area (Å²) in [6.45, 7) is 0.814. The number of carbonyl (C=O) groups excluding carboxylic acids is 2. The summed E-state index contributed by atoms with van der Waals surface area (Å²) >= 11 is 1.92. The lowest BCUT2D eigenvalue weighted by atomic mass is 9.96. The van der Waals surface area contributed by atoms with Crippen LogP contribution in [0.2, 0.25) is 0 Å². The first-order chi connectivity index (χ1) is 12.6. The number of aromatic amines is 1. The maximum absolute atomic E-state index is 12.2. The molecule has 3 N–H and O–H groups in total. The fourth-order valence-corrected chi connectivity index (χ4v) is 4.25. The molecule has 7 nitrogen and oxygen atoms in total. The third-order valence-corrected chi connectivity index (χ3v) is 5.77. The molecule has 3 rings (SSSR count). The van der Waals surface area contributed by atoms with E-state index in [1.54, 1.807) is 25.4 Å². The van der Waals surface area contributed by atoms with Crippen molar-refractivity contribution in [3.05, 3.63) is 30.0 Å². The van der Waals surface area contributed by atoms with Crippen molar-refractivity contribution in [3.8, 4) is 0 Å². The molecule has 2 aromatic rings. The van der Waals surface area contributed by atoms with Gasteiger partial charge in [-0.05, 0) is 36.5 Å². The van der Waals surface area contributed by atoms with Crippen LogP contribution in [0.25, 0.3) is 10.9 Å². The van der Waals surface area contributed by atoms with Gasteiger partial charge in [-0.3, -0.25) is 14.7 Å². The summed E-state index contributed by atoms with van der Waals surface area (Å²) in [5.41, 5.74) is 1.11. The Morgan fingerprint density at radius 3 is 2.88 bits per heavy atom. The number of thioether (sulfide) groups is 1. The molecule has 8 heteroatoms. The smallest absolute Gasteiger partial charge is 0.251 e. The highest BCUT2D eigenvalue weighted by molar-refractivity contribution is 7.99. The molecule has 0 bridgehead atoms. The third-order valence-electron chi connectivity index (χ3n) is 4.79. The number of hydrogen-bond donors (Lipinski definition) is 3. The molecule has 0 saturated carbocycles. The van der Waals surface area contributed by atoms with Gasteiger partial charge in [0.25, 0.3) is 5.91 Å². The zero-order valence-electron chi connectivity index (χ0n) is 14.8. The SMILES string of the molecule is COC1(CNC(=O)CCNC(=O)c2ccc3cn[nH]c3c2)CCSCC1. The Morgan fingerprint density at radius 2 is 2.12 bits per heavy atom. The van der Waals surface area contributed by atoms with E-state index in [0.29, 0.717) is 18.7 Å². The molecule has 0 atom stereocenters. The van der Waals surface area contributed by atoms with E-state index in [-0.39, 0.29) is 23.8 Å². The Labute approximate surface area is 156 Å². The van der Waals surface area contributed by atoms with Crippen LogP contribution in [0, 0.1) is 0 Å². The van der Waals surface area contributed by atoms with E-state index in [9.17, 15) is 9.59 Å². The van der Waals surface area contributed by atoms with Crippen molar-refractivity contribution in [2.24, 2.45) is 0 Å². The minimum Gasteiger partial charge on any atom is -0.376 e. The van der Waals surface area contributed by atoms with E-state index < -0.39 is 0 Å². The van der Waals surface area contributed by atoms with Crippen molar-refractivity contribution in [3.63, 3.8) is 0 Å². The summed E-state index contributed by atoms with van der Waals surface area (Å²) in [5, 5.41) is 13.4. The molecule has 0 aliphatic carbocycles. The molecule has 1 aromatic carbocycles. The van der Waals surface area contributed by atoms with Gasteiger partial charge in [-0.15, -0.1) is 0 Å². The lowest BCUT2D eigenvalue weighted by Gasteiger charge is -2.35. The van der Waals surface area contributed by atoms with Crippen LogP contribution in [0.4, 0.5) is 0 Å². The molecule has 1 aromatic heterocycles. The number of methoxy groups -OCH3 is 1. The molecule has 1 aliphatic heterocycles. The predicted octanol–water partition coefficient (Wildman–Crippen LogP) is 1.71. The van der Waals surface area contributed by atoms with E-state index in [1.165, 1.54) is 0 Å². The second-order valence-electron chi connectivity index (χ2n) is 6.45. The highest BCUT2D eigenvalue weighted by Crippen LogP contribution is 2.29. The lowest BCUT2D eigenvalue weighted by Crippen LogP contribution is -2.47. The van der Waals surface area contributed by atoms with Crippen LogP contribution in [-0.4, -0.2) is 59.3 Å². The van der Waals surface area contributed by atoms with Crippen LogP contribution < -0.4 is 10.6 Å². The van der Waals surface area contributed by atoms with Gasteiger partial charge in [-0.2, -0.15) is 16.9 Å². The molecule has 26 heavy (non-hydrogen) atoms. The summed E-state index contributed by atoms with van der Waals surface area (Å²) in [6, 6.07) is 5.34. The van der Waals surface area contributed by atoms with Crippen LogP contribution in [0.5, 0.6) is 0 Å². The molecule has 2 amide bonds. The lowest BCUT2D eigenvalue weighted by molar-refractivity contribution is -0.122. The van der Waals surface area contributed by atoms with Gasteiger partial charge < -0.3 is 15.4 Å². The van der Waals surface area contributed by atoms with E-state index in [2.05, 4.69) is 20.8 Å². The van der Waals surface area contributed by atoms with Gasteiger partial charge in [0, 0.05) is 37.6 Å². The molecule has 0 spiro atoms. The number of ether oxygens (including phenoxy) is 1. The molecule has 2 heterocycles. The third kappa shape index (κ3) is 4.56. The van der Waals surface area contributed by atoms with Crippen molar-refractivity contribution in [2.75, 3.05) is 31.7 Å². The standard InChI is InChI=1S/C18H24N4O3S/c1-25-18(5-8-26-9-6-18)12-20-16(23)4-7-19-17(24)13-2-3-14-11-21-22-15(14)10-13/h2-3,10-11H,4-9,12H2,1H3,(H,19,24)(H,20,23)(H,21,22). The molecule has 140 valence electrons. The zero-order valence-corrected chi connectivity index (χ0v) is 15.7. The van der Waals surface area contributed by atoms with E-state index in [1.807, 2.05) is 17.8 Å². The van der Waals surface area contributed by atoms with Crippen molar-refractivity contribution in [1.29, 1.82) is 0 Å². The average Bonchev–Trinajstić information content (AvgIpc) is 3.15. The molecule has 1 aliphatic rings. The van der Waals surface area contributed by atoms with E-state index >= 15 is 0 Å². The van der Waals surface area contributed by atoms with Crippen molar-refractivity contribution in [1.82, 2.24) is 20.8 Å². The first kappa shape index (κ1) is 18.7. The van der Waals surface area contributed by atoms with Gasteiger partial charge in [0.1, 0.15) is 0 Å². The molecular weight excluding hydrogens is 352 g/mol. The van der Waals surface area contributed by atoms with Crippen LogP contribution in [-0.2, 0) is 9.53 Å². The number of hydrogen-bond acceptors (Lipinski definition) is 5. The van der Waals surface area contributed by atoms with Crippen LogP contribution >= 0.6 is 11.8 Å². The van der Waals surface area contributed by atoms with Crippen LogP contribution in [0.3, 0.4) is 0 Å². The average molecular weight is 376 g/mol. The second-order valence-corrected chi connectivity index (χ2v) is 7.68. The normalized spacial score (nSPS) is 16.3. The fourth-order valence-electron chi connectivity index (χ4n) is 3.01. The van der Waals surface area contributed by atoms with Crippen LogP contribution in [0.1, 0.15) is 29.6 Å². The predicted molar refractivity (Wildman–Crippen MR) is 102 cm³/mol. The van der Waals surface area contributed by atoms with Gasteiger partial charge in [0.05, 0.1) is 17.3 Å². The Balaban J connectivity index is 1.42. The quantitative estimate of drug-likeness (QED) is 0.684. The Morgan fingerprint density at radius 1 is 1.31 bits per heavy atom. The van der Waals surface area contributed by atoms with Gasteiger partial charge in [0.15, 0.2) is 0 Å². The first-order valence-electron chi connectivity index (χ1n) is 8.73. The summed E-state index contributed by atoms with van der Waals surface area (Å²) in [5.74, 6) is 1.83. The summed E-state index contributed by atoms with van der Waals surface area (Å²) < 4.78 is 5.65. The first-order valence-corrected chi connectivity index (χ1v) is 9.88. The number of fused-ring (bicyclic) bond motifs is 1. The van der Waals surface area contributed by atoms with Crippen molar-refractivity contribution < 1.29 is 14.3 Å². The minimum atomic E-state index is -0.246. The number of aromatic nitrogens is 2. The molecular formula is C18H24N4O3S. The van der Waals surface area contributed by atoms with E-state index in [0.717, 1.165) is 35.3 Å². The number of nitrogens with zero attached hydrogens (tertiary/aromatic N) is 1. The maximum atomic E-state index is 12.2. The maximum Gasteiger partial charge on any atom is 0.251 e. The van der Waals surface area contributed by atoms with Gasteiger partial charge in [-0.1, -0.05) is 6.07 Å². The largest absolute Gasteiger partial charge is 0.376 e. The highest BCUT2D eigenvalue weighted by Gasteiger charge is 2.32. The molecule has 0 unspecified atom stereocenters. The second kappa shape index (κ2) is 8.55. The van der Waals surface area contributed by atoms with Crippen LogP contribution in [0.15, 0.2) is 24.4 Å². The topological polar surface area (TPSA) is 96.1 Å². The van der Waals surface area contributed by atoms with Gasteiger partial charge in [-0.25, -0.2) is 0 Å². The van der Waals surface area contributed by atoms with Gasteiger partial charge >= 0.3 is 0 Å². The number of benzene rings is 1. The number of nitrogens with one attached hydrogen (secondary N) is 3. The molecule has 1 saturated heterocycles. The Hall–Kier alpha value is -2.06. The monoisotopic (exact) mass is 376 g/mol. The molecule has 0 radical (unpaired) electrons. The number of amides is 2. The van der Waals surface area contributed by atoms with Crippen molar-refractivity contribution >= 4 is 34.5 Å². The number of carbonyl (C=O) groups is 2. The number of H-pyrrole nitrogens is 1. The summed E-state index contributed by atoms with van der Waals surface area (Å²) in [6.07, 6.45) is 3.84. The Kier molecular flexibility index (Phi) is 6.16. The van der Waals surface area contributed by atoms with Crippen molar-refractivity contribution in [2.45, 2.75) is 24.9 Å². The Bertz CT molecular complexity index is 771. The summed E-state index contributed by atoms with van der Waals surface area (Å²) in [7, 11) is 1.71. The zero-order chi connectivity index (χ0) is 18.4. The fraction of sp³-hybridized carbons (Fsp3) is 0.500. The number of rotatable bonds is 7. The minimum absolute atomic E-state index is 0.0797. The summed E-state index contributed by atoms with van der Waals surface area (Å²) in [4.78, 5) is 24.3. The van der Waals surface area contributed by atoms with E-state index in [4.69, 9.17) is 4.74 Å². The molecule has 1 fully saturated rings.